The van der Waals surface area contributed by atoms with Crippen LogP contribution >= 0.6 is 0 Å². The first kappa shape index (κ1) is 17.9. The number of anilines is 1. The highest BCUT2D eigenvalue weighted by molar-refractivity contribution is 5.95. The summed E-state index contributed by atoms with van der Waals surface area (Å²) in [7, 11) is 0. The van der Waals surface area contributed by atoms with Crippen molar-refractivity contribution in [3.8, 4) is 0 Å². The summed E-state index contributed by atoms with van der Waals surface area (Å²) in [4.78, 5) is 31.9. The van der Waals surface area contributed by atoms with Gasteiger partial charge in [-0.15, -0.1) is 0 Å². The van der Waals surface area contributed by atoms with Crippen LogP contribution in [-0.2, 0) is 29.1 Å². The van der Waals surface area contributed by atoms with Crippen molar-refractivity contribution in [2.75, 3.05) is 11.4 Å². The molecule has 148 valence electrons. The number of para-hydroxylation sites is 3. The fourth-order valence-electron chi connectivity index (χ4n) is 4.11. The second kappa shape index (κ2) is 7.35. The highest BCUT2D eigenvalue weighted by atomic mass is 16.2. The van der Waals surface area contributed by atoms with Gasteiger partial charge in [0.15, 0.2) is 0 Å². The average molecular weight is 388 g/mol. The van der Waals surface area contributed by atoms with E-state index in [0.717, 1.165) is 54.8 Å². The molecule has 1 fully saturated rings. The molecule has 6 nitrogen and oxygen atoms in total. The summed E-state index contributed by atoms with van der Waals surface area (Å²) >= 11 is 0. The number of benzene rings is 2. The van der Waals surface area contributed by atoms with Gasteiger partial charge in [-0.05, 0) is 49.4 Å². The molecule has 1 aliphatic heterocycles. The van der Waals surface area contributed by atoms with Gasteiger partial charge in [-0.25, -0.2) is 4.98 Å². The van der Waals surface area contributed by atoms with Crippen LogP contribution in [0.2, 0.25) is 0 Å². The minimum Gasteiger partial charge on any atom is -0.349 e. The average Bonchev–Trinajstić information content (AvgIpc) is 3.55. The smallest absolute Gasteiger partial charge is 0.246 e. The van der Waals surface area contributed by atoms with Crippen LogP contribution < -0.4 is 10.2 Å². The van der Waals surface area contributed by atoms with Crippen molar-refractivity contribution in [3.63, 3.8) is 0 Å². The van der Waals surface area contributed by atoms with Gasteiger partial charge in [0, 0.05) is 18.2 Å². The number of aryl methyl sites for hydroxylation is 1. The largest absolute Gasteiger partial charge is 0.349 e. The first-order chi connectivity index (χ1) is 14.2. The molecule has 1 N–H and O–H groups in total. The van der Waals surface area contributed by atoms with Crippen LogP contribution in [0.3, 0.4) is 0 Å². The van der Waals surface area contributed by atoms with E-state index in [1.54, 1.807) is 0 Å². The number of imidazole rings is 1. The third-order valence-electron chi connectivity index (χ3n) is 5.81. The van der Waals surface area contributed by atoms with Crippen molar-refractivity contribution in [2.24, 2.45) is 5.92 Å². The number of rotatable bonds is 5. The van der Waals surface area contributed by atoms with Crippen LogP contribution in [-0.4, -0.2) is 27.9 Å². The summed E-state index contributed by atoms with van der Waals surface area (Å²) in [6.07, 6.45) is 3.91. The second-order valence-corrected chi connectivity index (χ2v) is 7.87. The SMILES string of the molecule is O=C(NCc1nc2ccccc2n1CC(=O)N1CCCc2ccccc21)C1CC1. The topological polar surface area (TPSA) is 67.2 Å². The number of carbonyl (C=O) groups excluding carboxylic acids is 2. The third kappa shape index (κ3) is 3.50. The number of nitrogens with zero attached hydrogens (tertiary/aromatic N) is 3. The summed E-state index contributed by atoms with van der Waals surface area (Å²) in [5, 5.41) is 2.98. The lowest BCUT2D eigenvalue weighted by molar-refractivity contribution is -0.122. The molecule has 0 unspecified atom stereocenters. The molecule has 2 aliphatic rings. The number of hydrogen-bond acceptors (Lipinski definition) is 3. The fourth-order valence-corrected chi connectivity index (χ4v) is 4.11. The quantitative estimate of drug-likeness (QED) is 0.731. The van der Waals surface area contributed by atoms with Crippen molar-refractivity contribution >= 4 is 28.5 Å². The lowest BCUT2D eigenvalue weighted by Gasteiger charge is -2.29. The Morgan fingerprint density at radius 3 is 2.72 bits per heavy atom. The molecule has 2 amide bonds. The van der Waals surface area contributed by atoms with Gasteiger partial charge in [0.2, 0.25) is 11.8 Å². The minimum atomic E-state index is 0.0510. The van der Waals surface area contributed by atoms with Gasteiger partial charge in [-0.1, -0.05) is 30.3 Å². The predicted molar refractivity (Wildman–Crippen MR) is 111 cm³/mol. The predicted octanol–water partition coefficient (Wildman–Crippen LogP) is 3.04. The van der Waals surface area contributed by atoms with Gasteiger partial charge in [-0.3, -0.25) is 9.59 Å². The molecular formula is C23H24N4O2. The number of hydrogen-bond donors (Lipinski definition) is 1. The van der Waals surface area contributed by atoms with E-state index in [-0.39, 0.29) is 24.3 Å². The first-order valence-corrected chi connectivity index (χ1v) is 10.3. The highest BCUT2D eigenvalue weighted by Crippen LogP contribution is 2.29. The molecule has 3 aromatic rings. The van der Waals surface area contributed by atoms with E-state index in [9.17, 15) is 9.59 Å². The minimum absolute atomic E-state index is 0.0510. The number of fused-ring (bicyclic) bond motifs is 2. The van der Waals surface area contributed by atoms with Gasteiger partial charge in [0.1, 0.15) is 12.4 Å². The molecule has 1 aliphatic carbocycles. The molecule has 2 aromatic carbocycles. The van der Waals surface area contributed by atoms with Gasteiger partial charge in [0.25, 0.3) is 0 Å². The Morgan fingerprint density at radius 2 is 1.86 bits per heavy atom. The molecule has 2 heterocycles. The van der Waals surface area contributed by atoms with Crippen LogP contribution in [0.25, 0.3) is 11.0 Å². The Labute approximate surface area is 169 Å². The maximum Gasteiger partial charge on any atom is 0.246 e. The Morgan fingerprint density at radius 1 is 1.07 bits per heavy atom. The molecule has 5 rings (SSSR count). The normalized spacial score (nSPS) is 15.9. The molecule has 0 saturated heterocycles. The number of aromatic nitrogens is 2. The van der Waals surface area contributed by atoms with Gasteiger partial charge < -0.3 is 14.8 Å². The van der Waals surface area contributed by atoms with E-state index in [1.165, 1.54) is 5.56 Å². The van der Waals surface area contributed by atoms with Crippen LogP contribution in [0.15, 0.2) is 48.5 Å². The van der Waals surface area contributed by atoms with E-state index in [1.807, 2.05) is 51.9 Å². The zero-order chi connectivity index (χ0) is 19.8. The lowest BCUT2D eigenvalue weighted by Crippen LogP contribution is -2.38. The van der Waals surface area contributed by atoms with Crippen molar-refractivity contribution in [2.45, 2.75) is 38.8 Å². The molecule has 6 heteroatoms. The molecule has 0 bridgehead atoms. The fraction of sp³-hybridized carbons (Fsp3) is 0.348. The summed E-state index contributed by atoms with van der Waals surface area (Å²) in [6, 6.07) is 15.9. The van der Waals surface area contributed by atoms with E-state index >= 15 is 0 Å². The highest BCUT2D eigenvalue weighted by Gasteiger charge is 2.30. The Balaban J connectivity index is 1.42. The van der Waals surface area contributed by atoms with Gasteiger partial charge in [0.05, 0.1) is 17.6 Å². The number of nitrogens with one attached hydrogen (secondary N) is 1. The Bertz CT molecular complexity index is 1080. The third-order valence-corrected chi connectivity index (χ3v) is 5.81. The van der Waals surface area contributed by atoms with Crippen molar-refractivity contribution in [1.82, 2.24) is 14.9 Å². The molecule has 0 spiro atoms. The van der Waals surface area contributed by atoms with E-state index < -0.39 is 0 Å². The van der Waals surface area contributed by atoms with Gasteiger partial charge >= 0.3 is 0 Å². The number of amides is 2. The van der Waals surface area contributed by atoms with Crippen molar-refractivity contribution in [3.05, 3.63) is 59.9 Å². The first-order valence-electron chi connectivity index (χ1n) is 10.3. The summed E-state index contributed by atoms with van der Waals surface area (Å²) in [5.41, 5.74) is 3.99. The summed E-state index contributed by atoms with van der Waals surface area (Å²) in [6.45, 7) is 1.29. The molecular weight excluding hydrogens is 364 g/mol. The Kier molecular flexibility index (Phi) is 4.54. The molecule has 1 saturated carbocycles. The van der Waals surface area contributed by atoms with Crippen molar-refractivity contribution < 1.29 is 9.59 Å². The van der Waals surface area contributed by atoms with E-state index in [0.29, 0.717) is 6.54 Å². The maximum absolute atomic E-state index is 13.3. The lowest BCUT2D eigenvalue weighted by atomic mass is 10.0. The zero-order valence-corrected chi connectivity index (χ0v) is 16.3. The summed E-state index contributed by atoms with van der Waals surface area (Å²) in [5.74, 6) is 1.01. The number of carbonyl (C=O) groups is 2. The Hall–Kier alpha value is -3.15. The molecule has 29 heavy (non-hydrogen) atoms. The molecule has 1 aromatic heterocycles. The summed E-state index contributed by atoms with van der Waals surface area (Å²) < 4.78 is 1.95. The van der Waals surface area contributed by atoms with Gasteiger partial charge in [-0.2, -0.15) is 0 Å². The van der Waals surface area contributed by atoms with Crippen LogP contribution in [0.4, 0.5) is 5.69 Å². The zero-order valence-electron chi connectivity index (χ0n) is 16.3. The monoisotopic (exact) mass is 388 g/mol. The van der Waals surface area contributed by atoms with Crippen LogP contribution in [0, 0.1) is 5.92 Å². The van der Waals surface area contributed by atoms with E-state index in [2.05, 4.69) is 16.4 Å². The molecule has 0 atom stereocenters. The maximum atomic E-state index is 13.3. The molecule has 0 radical (unpaired) electrons. The van der Waals surface area contributed by atoms with Crippen molar-refractivity contribution in [1.29, 1.82) is 0 Å². The van der Waals surface area contributed by atoms with Crippen LogP contribution in [0.1, 0.15) is 30.7 Å². The van der Waals surface area contributed by atoms with E-state index in [4.69, 9.17) is 0 Å². The second-order valence-electron chi connectivity index (χ2n) is 7.87. The standard InChI is InChI=1S/C23H24N4O2/c28-22(26-13-5-7-16-6-1-3-9-19(16)26)15-27-20-10-4-2-8-18(20)25-21(27)14-24-23(29)17-11-12-17/h1-4,6,8-10,17H,5,7,11-15H2,(H,24,29). The van der Waals surface area contributed by atoms with Crippen LogP contribution in [0.5, 0.6) is 0 Å².